The second kappa shape index (κ2) is 4.47. The third-order valence-electron chi connectivity index (χ3n) is 2.35. The van der Waals surface area contributed by atoms with Crippen molar-refractivity contribution in [2.45, 2.75) is 26.1 Å². The van der Waals surface area contributed by atoms with Gasteiger partial charge in [-0.05, 0) is 19.1 Å². The van der Waals surface area contributed by atoms with E-state index in [9.17, 15) is 0 Å². The predicted octanol–water partition coefficient (Wildman–Crippen LogP) is 3.90. The maximum Gasteiger partial charge on any atom is 0.244 e. The summed E-state index contributed by atoms with van der Waals surface area (Å²) in [6, 6.07) is 11.2. The lowest BCUT2D eigenvalue weighted by atomic mass is 10.2. The highest BCUT2D eigenvalue weighted by atomic mass is 28.4. The highest BCUT2D eigenvalue weighted by molar-refractivity contribution is 6.71. The molecule has 0 fully saturated rings. The Balaban J connectivity index is 2.69. The summed E-state index contributed by atoms with van der Waals surface area (Å²) >= 11 is 0. The van der Waals surface area contributed by atoms with E-state index in [4.69, 9.17) is 4.43 Å². The number of hydrogen-bond acceptors (Lipinski definition) is 1. The van der Waals surface area contributed by atoms with Crippen LogP contribution in [0.3, 0.4) is 0 Å². The van der Waals surface area contributed by atoms with Crippen molar-refractivity contribution in [1.82, 2.24) is 0 Å². The zero-order chi connectivity index (χ0) is 10.6. The van der Waals surface area contributed by atoms with Gasteiger partial charge < -0.3 is 4.43 Å². The molecule has 0 amide bonds. The van der Waals surface area contributed by atoms with E-state index in [1.807, 2.05) is 30.3 Å². The van der Waals surface area contributed by atoms with E-state index >= 15 is 0 Å². The summed E-state index contributed by atoms with van der Waals surface area (Å²) in [5.41, 5.74) is 1.08. The topological polar surface area (TPSA) is 9.23 Å². The summed E-state index contributed by atoms with van der Waals surface area (Å²) in [6.07, 6.45) is 0. The van der Waals surface area contributed by atoms with Crippen LogP contribution in [0.2, 0.25) is 19.1 Å². The van der Waals surface area contributed by atoms with Crippen molar-refractivity contribution in [1.29, 1.82) is 0 Å². The smallest absolute Gasteiger partial charge is 0.244 e. The molecule has 0 aliphatic heterocycles. The van der Waals surface area contributed by atoms with Gasteiger partial charge in [-0.1, -0.05) is 43.8 Å². The lowest BCUT2D eigenvalue weighted by Gasteiger charge is -2.24. The van der Waals surface area contributed by atoms with E-state index < -0.39 is 8.32 Å². The molecule has 0 saturated heterocycles. The van der Waals surface area contributed by atoms with Crippen molar-refractivity contribution in [3.05, 3.63) is 42.5 Å². The molecule has 0 atom stereocenters. The second-order valence-corrected chi connectivity index (χ2v) is 8.44. The Morgan fingerprint density at radius 1 is 1.29 bits per heavy atom. The number of rotatable bonds is 4. The van der Waals surface area contributed by atoms with Crippen LogP contribution in [0.15, 0.2) is 36.9 Å². The van der Waals surface area contributed by atoms with Gasteiger partial charge in [0.15, 0.2) is 0 Å². The van der Waals surface area contributed by atoms with Crippen LogP contribution in [0.1, 0.15) is 12.5 Å². The molecule has 1 nitrogen and oxygen atoms in total. The van der Waals surface area contributed by atoms with Crippen LogP contribution in [0, 0.1) is 0 Å². The van der Waals surface area contributed by atoms with Gasteiger partial charge in [-0.25, -0.2) is 0 Å². The van der Waals surface area contributed by atoms with Gasteiger partial charge in [0.05, 0.1) is 0 Å². The van der Waals surface area contributed by atoms with Crippen molar-refractivity contribution in [2.24, 2.45) is 0 Å². The Kier molecular flexibility index (Phi) is 3.53. The van der Waals surface area contributed by atoms with E-state index in [0.29, 0.717) is 0 Å². The van der Waals surface area contributed by atoms with E-state index in [-0.39, 0.29) is 0 Å². The van der Waals surface area contributed by atoms with Crippen LogP contribution in [-0.2, 0) is 4.43 Å². The summed E-state index contributed by atoms with van der Waals surface area (Å²) < 4.78 is 5.92. The molecular weight excluding hydrogens is 188 g/mol. The summed E-state index contributed by atoms with van der Waals surface area (Å²) in [6.45, 7) is 10.6. The average molecular weight is 206 g/mol. The lowest BCUT2D eigenvalue weighted by Crippen LogP contribution is -2.27. The molecule has 2 heteroatoms. The molecule has 0 saturated carbocycles. The second-order valence-electron chi connectivity index (χ2n) is 4.00. The molecule has 0 radical (unpaired) electrons. The molecule has 0 heterocycles. The maximum absolute atomic E-state index is 5.92. The molecule has 1 aromatic rings. The standard InChI is InChI=1S/C12H18OSi/c1-5-14(3,4)13-11(2)12-9-7-6-8-10-12/h6-10H,2,5H2,1,3-4H3. The van der Waals surface area contributed by atoms with Crippen LogP contribution >= 0.6 is 0 Å². The first kappa shape index (κ1) is 11.1. The van der Waals surface area contributed by atoms with Gasteiger partial charge in [0, 0.05) is 5.56 Å². The van der Waals surface area contributed by atoms with Crippen molar-refractivity contribution >= 4 is 14.1 Å². The van der Waals surface area contributed by atoms with Crippen LogP contribution in [-0.4, -0.2) is 8.32 Å². The fourth-order valence-corrected chi connectivity index (χ4v) is 2.02. The zero-order valence-electron chi connectivity index (χ0n) is 9.21. The Hall–Kier alpha value is -1.02. The largest absolute Gasteiger partial charge is 0.544 e. The maximum atomic E-state index is 5.92. The highest BCUT2D eigenvalue weighted by Gasteiger charge is 2.22. The predicted molar refractivity (Wildman–Crippen MR) is 64.5 cm³/mol. The van der Waals surface area contributed by atoms with Gasteiger partial charge >= 0.3 is 0 Å². The minimum atomic E-state index is -1.52. The molecular formula is C12H18OSi. The molecule has 0 spiro atoms. The molecule has 0 bridgehead atoms. The van der Waals surface area contributed by atoms with E-state index in [1.165, 1.54) is 0 Å². The first-order valence-corrected chi connectivity index (χ1v) is 8.10. The highest BCUT2D eigenvalue weighted by Crippen LogP contribution is 2.21. The Morgan fingerprint density at radius 3 is 2.36 bits per heavy atom. The van der Waals surface area contributed by atoms with Gasteiger partial charge in [0.1, 0.15) is 5.76 Å². The fourth-order valence-electron chi connectivity index (χ4n) is 1.09. The Morgan fingerprint density at radius 2 is 1.86 bits per heavy atom. The van der Waals surface area contributed by atoms with Gasteiger partial charge in [-0.15, -0.1) is 0 Å². The SMILES string of the molecule is C=C(O[Si](C)(C)CC)c1ccccc1. The van der Waals surface area contributed by atoms with Gasteiger partial charge in [0.2, 0.25) is 8.32 Å². The van der Waals surface area contributed by atoms with Crippen molar-refractivity contribution in [2.75, 3.05) is 0 Å². The third kappa shape index (κ3) is 3.03. The molecule has 0 aliphatic rings. The molecule has 14 heavy (non-hydrogen) atoms. The van der Waals surface area contributed by atoms with Crippen LogP contribution in [0.25, 0.3) is 5.76 Å². The van der Waals surface area contributed by atoms with Crippen molar-refractivity contribution in [3.63, 3.8) is 0 Å². The third-order valence-corrected chi connectivity index (χ3v) is 4.85. The van der Waals surface area contributed by atoms with E-state index in [1.54, 1.807) is 0 Å². The van der Waals surface area contributed by atoms with Crippen LogP contribution in [0.4, 0.5) is 0 Å². The summed E-state index contributed by atoms with van der Waals surface area (Å²) in [5.74, 6) is 0.809. The van der Waals surface area contributed by atoms with Crippen LogP contribution in [0.5, 0.6) is 0 Å². The molecule has 0 aliphatic carbocycles. The van der Waals surface area contributed by atoms with Crippen molar-refractivity contribution in [3.8, 4) is 0 Å². The number of benzene rings is 1. The molecule has 1 rings (SSSR count). The van der Waals surface area contributed by atoms with Gasteiger partial charge in [-0.3, -0.25) is 0 Å². The molecule has 1 aromatic carbocycles. The monoisotopic (exact) mass is 206 g/mol. The van der Waals surface area contributed by atoms with Crippen molar-refractivity contribution < 1.29 is 4.43 Å². The molecule has 0 unspecified atom stereocenters. The molecule has 0 N–H and O–H groups in total. The summed E-state index contributed by atoms with van der Waals surface area (Å²) in [4.78, 5) is 0. The molecule has 76 valence electrons. The Labute approximate surface area is 87.5 Å². The minimum Gasteiger partial charge on any atom is -0.544 e. The van der Waals surface area contributed by atoms with E-state index in [2.05, 4.69) is 26.6 Å². The average Bonchev–Trinajstić information content (AvgIpc) is 2.19. The number of hydrogen-bond donors (Lipinski definition) is 0. The first-order valence-electron chi connectivity index (χ1n) is 4.98. The first-order chi connectivity index (χ1) is 6.55. The Bertz CT molecular complexity index is 303. The summed E-state index contributed by atoms with van der Waals surface area (Å²) in [7, 11) is -1.52. The zero-order valence-corrected chi connectivity index (χ0v) is 10.2. The quantitative estimate of drug-likeness (QED) is 0.536. The normalized spacial score (nSPS) is 11.1. The van der Waals surface area contributed by atoms with Crippen LogP contribution < -0.4 is 0 Å². The van der Waals surface area contributed by atoms with Gasteiger partial charge in [-0.2, -0.15) is 0 Å². The fraction of sp³-hybridized carbons (Fsp3) is 0.333. The molecule has 0 aromatic heterocycles. The summed E-state index contributed by atoms with van der Waals surface area (Å²) in [5, 5.41) is 0. The van der Waals surface area contributed by atoms with E-state index in [0.717, 1.165) is 17.4 Å². The minimum absolute atomic E-state index is 0.809. The van der Waals surface area contributed by atoms with Gasteiger partial charge in [0.25, 0.3) is 0 Å². The lowest BCUT2D eigenvalue weighted by molar-refractivity contribution is 0.508.